The molecular weight excluding hydrogens is 234 g/mol. The largest absolute Gasteiger partial charge is 0.349 e. The monoisotopic (exact) mass is 247 g/mol. The van der Waals surface area contributed by atoms with E-state index in [4.69, 9.17) is 7.05 Å². The molecule has 1 unspecified atom stereocenters. The van der Waals surface area contributed by atoms with E-state index in [1.54, 1.807) is 0 Å². The second-order valence-electron chi connectivity index (χ2n) is 3.24. The van der Waals surface area contributed by atoms with Crippen LogP contribution in [0.2, 0.25) is 0 Å². The smallest absolute Gasteiger partial charge is 0.224 e. The minimum atomic E-state index is -0.324. The Balaban J connectivity index is 4.26. The fraction of sp³-hybridized carbons (Fsp3) is 0.667. The van der Waals surface area contributed by atoms with E-state index in [-0.39, 0.29) is 35.3 Å². The zero-order valence-corrected chi connectivity index (χ0v) is 9.43. The Labute approximate surface area is 87.4 Å². The van der Waals surface area contributed by atoms with Gasteiger partial charge in [-0.25, -0.2) is 0 Å². The lowest BCUT2D eigenvalue weighted by Crippen LogP contribution is -2.31. The van der Waals surface area contributed by atoms with Gasteiger partial charge >= 0.3 is 0 Å². The van der Waals surface area contributed by atoms with Gasteiger partial charge in [0.05, 0.1) is 12.4 Å². The first-order valence-electron chi connectivity index (χ1n) is 4.11. The molecule has 1 N–H and O–H groups in total. The molecule has 4 heteroatoms. The molecule has 0 aromatic rings. The summed E-state index contributed by atoms with van der Waals surface area (Å²) >= 11 is 3.05. The summed E-state index contributed by atoms with van der Waals surface area (Å²) in [5.41, 5.74) is 0. The molecule has 0 saturated carbocycles. The van der Waals surface area contributed by atoms with Crippen LogP contribution in [0.25, 0.3) is 0 Å². The summed E-state index contributed by atoms with van der Waals surface area (Å²) in [7, 11) is 5.01. The van der Waals surface area contributed by atoms with Crippen molar-refractivity contribution in [2.24, 2.45) is 11.8 Å². The maximum Gasteiger partial charge on any atom is 0.224 e. The number of ketones is 1. The van der Waals surface area contributed by atoms with E-state index in [1.807, 2.05) is 13.8 Å². The van der Waals surface area contributed by atoms with Crippen LogP contribution in [0.15, 0.2) is 0 Å². The van der Waals surface area contributed by atoms with Crippen molar-refractivity contribution in [1.82, 2.24) is 5.32 Å². The third-order valence-electron chi connectivity index (χ3n) is 1.88. The van der Waals surface area contributed by atoms with Crippen LogP contribution in [0.3, 0.4) is 0 Å². The van der Waals surface area contributed by atoms with Crippen molar-refractivity contribution in [3.63, 3.8) is 0 Å². The van der Waals surface area contributed by atoms with Gasteiger partial charge in [0, 0.05) is 12.3 Å². The fourth-order valence-electron chi connectivity index (χ4n) is 1.04. The molecule has 0 aromatic carbocycles. The predicted molar refractivity (Wildman–Crippen MR) is 54.2 cm³/mol. The molecule has 0 aliphatic carbocycles. The average Bonchev–Trinajstić information content (AvgIpc) is 2.11. The normalized spacial score (nSPS) is 12.7. The number of rotatable bonds is 5. The van der Waals surface area contributed by atoms with Gasteiger partial charge in [0.1, 0.15) is 5.78 Å². The van der Waals surface area contributed by atoms with Gasteiger partial charge < -0.3 is 5.32 Å². The van der Waals surface area contributed by atoms with Gasteiger partial charge in [0.15, 0.2) is 0 Å². The van der Waals surface area contributed by atoms with Gasteiger partial charge in [-0.15, -0.1) is 0 Å². The number of carbonyl (C=O) groups excluding carboxylic acids is 2. The Morgan fingerprint density at radius 2 is 2.00 bits per heavy atom. The molecule has 0 spiro atoms. The zero-order valence-electron chi connectivity index (χ0n) is 7.84. The Bertz CT molecular complexity index is 192. The first kappa shape index (κ1) is 12.6. The lowest BCUT2D eigenvalue weighted by atomic mass is 9.90. The first-order chi connectivity index (χ1) is 6.02. The van der Waals surface area contributed by atoms with E-state index < -0.39 is 0 Å². The zero-order chi connectivity index (χ0) is 10.4. The van der Waals surface area contributed by atoms with Crippen molar-refractivity contribution in [2.75, 3.05) is 5.33 Å². The van der Waals surface area contributed by atoms with Crippen LogP contribution in [0, 0.1) is 18.9 Å². The van der Waals surface area contributed by atoms with E-state index in [0.717, 1.165) is 0 Å². The SMILES string of the molecule is [CH]NC(=O)C(CC(=O)CBr)C(C)C. The van der Waals surface area contributed by atoms with Gasteiger partial charge in [-0.2, -0.15) is 0 Å². The maximum absolute atomic E-state index is 11.2. The van der Waals surface area contributed by atoms with Crippen LogP contribution in [0.4, 0.5) is 0 Å². The molecule has 0 rings (SSSR count). The van der Waals surface area contributed by atoms with Crippen LogP contribution in [-0.4, -0.2) is 17.0 Å². The summed E-state index contributed by atoms with van der Waals surface area (Å²) in [6, 6.07) is 0. The van der Waals surface area contributed by atoms with Crippen molar-refractivity contribution in [1.29, 1.82) is 0 Å². The van der Waals surface area contributed by atoms with E-state index in [9.17, 15) is 9.59 Å². The molecule has 74 valence electrons. The predicted octanol–water partition coefficient (Wildman–Crippen LogP) is 1.40. The van der Waals surface area contributed by atoms with Gasteiger partial charge in [-0.05, 0) is 5.92 Å². The Morgan fingerprint density at radius 1 is 1.46 bits per heavy atom. The van der Waals surface area contributed by atoms with E-state index in [2.05, 4.69) is 21.2 Å². The summed E-state index contributed by atoms with van der Waals surface area (Å²) in [6.07, 6.45) is 0.242. The van der Waals surface area contributed by atoms with Gasteiger partial charge in [0.25, 0.3) is 0 Å². The average molecular weight is 248 g/mol. The highest BCUT2D eigenvalue weighted by Crippen LogP contribution is 2.16. The molecule has 0 fully saturated rings. The molecule has 1 atom stereocenters. The molecule has 0 aliphatic rings. The molecule has 13 heavy (non-hydrogen) atoms. The Hall–Kier alpha value is -0.380. The molecule has 0 aromatic heterocycles. The van der Waals surface area contributed by atoms with Crippen LogP contribution >= 0.6 is 15.9 Å². The lowest BCUT2D eigenvalue weighted by molar-refractivity contribution is -0.129. The van der Waals surface area contributed by atoms with Crippen molar-refractivity contribution < 1.29 is 9.59 Å². The van der Waals surface area contributed by atoms with Crippen molar-refractivity contribution in [3.05, 3.63) is 7.05 Å². The molecule has 0 heterocycles. The van der Waals surface area contributed by atoms with E-state index >= 15 is 0 Å². The summed E-state index contributed by atoms with van der Waals surface area (Å²) in [4.78, 5) is 22.3. The van der Waals surface area contributed by atoms with Crippen molar-refractivity contribution >= 4 is 27.6 Å². The third-order valence-corrected chi connectivity index (χ3v) is 2.51. The van der Waals surface area contributed by atoms with Crippen molar-refractivity contribution in [2.45, 2.75) is 20.3 Å². The van der Waals surface area contributed by atoms with Gasteiger partial charge in [-0.3, -0.25) is 9.59 Å². The van der Waals surface area contributed by atoms with Crippen LogP contribution in [0.1, 0.15) is 20.3 Å². The number of hydrogen-bond donors (Lipinski definition) is 1. The summed E-state index contributed by atoms with van der Waals surface area (Å²) in [6.45, 7) is 3.78. The maximum atomic E-state index is 11.2. The highest BCUT2D eigenvalue weighted by molar-refractivity contribution is 9.09. The first-order valence-corrected chi connectivity index (χ1v) is 5.23. The number of amides is 1. The molecule has 2 radical (unpaired) electrons. The summed E-state index contributed by atoms with van der Waals surface area (Å²) < 4.78 is 0. The standard InChI is InChI=1S/C9H14BrNO2/c1-6(2)8(9(13)11-3)4-7(12)5-10/h3,6,8H,4-5H2,1-2H3,(H,11,13). The van der Waals surface area contributed by atoms with Crippen LogP contribution in [0.5, 0.6) is 0 Å². The minimum Gasteiger partial charge on any atom is -0.349 e. The number of carbonyl (C=O) groups is 2. The number of alkyl halides is 1. The number of hydrogen-bond acceptors (Lipinski definition) is 2. The second-order valence-corrected chi connectivity index (χ2v) is 3.80. The number of halogens is 1. The highest BCUT2D eigenvalue weighted by atomic mass is 79.9. The topological polar surface area (TPSA) is 46.2 Å². The highest BCUT2D eigenvalue weighted by Gasteiger charge is 2.23. The molecule has 1 amide bonds. The van der Waals surface area contributed by atoms with E-state index in [1.165, 1.54) is 0 Å². The number of Topliss-reactive ketones (excluding diaryl/α,β-unsaturated/α-hetero) is 1. The Kier molecular flexibility index (Phi) is 5.95. The molecule has 0 bridgehead atoms. The third kappa shape index (κ3) is 4.41. The summed E-state index contributed by atoms with van der Waals surface area (Å²) in [5, 5.41) is 2.36. The fourth-order valence-corrected chi connectivity index (χ4v) is 1.27. The molecular formula is C9H14BrNO2. The van der Waals surface area contributed by atoms with Gasteiger partial charge in [0.2, 0.25) is 5.91 Å². The Morgan fingerprint density at radius 3 is 2.31 bits per heavy atom. The molecule has 3 nitrogen and oxygen atoms in total. The molecule has 0 saturated heterocycles. The second kappa shape index (κ2) is 6.13. The van der Waals surface area contributed by atoms with Crippen molar-refractivity contribution in [3.8, 4) is 0 Å². The number of nitrogens with one attached hydrogen (secondary N) is 1. The van der Waals surface area contributed by atoms with Crippen LogP contribution in [-0.2, 0) is 9.59 Å². The lowest BCUT2D eigenvalue weighted by Gasteiger charge is -2.17. The minimum absolute atomic E-state index is 0.0160. The quantitative estimate of drug-likeness (QED) is 0.590. The van der Waals surface area contributed by atoms with Crippen LogP contribution < -0.4 is 5.32 Å². The van der Waals surface area contributed by atoms with E-state index in [0.29, 0.717) is 0 Å². The van der Waals surface area contributed by atoms with Gasteiger partial charge in [-0.1, -0.05) is 29.8 Å². The summed E-state index contributed by atoms with van der Waals surface area (Å²) in [5.74, 6) is -0.465. The molecule has 0 aliphatic heterocycles.